The zero-order valence-electron chi connectivity index (χ0n) is 15.8. The fourth-order valence-electron chi connectivity index (χ4n) is 3.73. The van der Waals surface area contributed by atoms with E-state index in [0.717, 1.165) is 70.1 Å². The summed E-state index contributed by atoms with van der Waals surface area (Å²) in [4.78, 5) is 17.0. The molecule has 1 unspecified atom stereocenters. The van der Waals surface area contributed by atoms with Gasteiger partial charge in [-0.2, -0.15) is 0 Å². The minimum Gasteiger partial charge on any atom is -0.497 e. The Labute approximate surface area is 156 Å². The van der Waals surface area contributed by atoms with Crippen molar-refractivity contribution >= 4 is 6.03 Å². The first-order valence-corrected chi connectivity index (χ1v) is 9.70. The predicted molar refractivity (Wildman–Crippen MR) is 101 cm³/mol. The molecule has 0 bridgehead atoms. The van der Waals surface area contributed by atoms with Crippen molar-refractivity contribution in [3.63, 3.8) is 0 Å². The van der Waals surface area contributed by atoms with E-state index in [2.05, 4.69) is 10.2 Å². The summed E-state index contributed by atoms with van der Waals surface area (Å²) in [6.45, 7) is 7.20. The number of carbonyl (C=O) groups excluding carboxylic acids is 1. The molecule has 1 atom stereocenters. The molecule has 144 valence electrons. The molecule has 2 amide bonds. The lowest BCUT2D eigenvalue weighted by Gasteiger charge is -2.30. The van der Waals surface area contributed by atoms with Gasteiger partial charge in [0.2, 0.25) is 0 Å². The van der Waals surface area contributed by atoms with Gasteiger partial charge in [-0.1, -0.05) is 12.1 Å². The van der Waals surface area contributed by atoms with E-state index < -0.39 is 0 Å². The molecular weight excluding hydrogens is 330 g/mol. The first-order valence-electron chi connectivity index (χ1n) is 9.70. The Kier molecular flexibility index (Phi) is 7.14. The Morgan fingerprint density at radius 1 is 1.15 bits per heavy atom. The summed E-state index contributed by atoms with van der Waals surface area (Å²) >= 11 is 0. The second kappa shape index (κ2) is 9.78. The van der Waals surface area contributed by atoms with E-state index in [1.54, 1.807) is 7.11 Å². The maximum Gasteiger partial charge on any atom is 0.317 e. The van der Waals surface area contributed by atoms with Gasteiger partial charge in [-0.15, -0.1) is 0 Å². The highest BCUT2D eigenvalue weighted by Gasteiger charge is 2.22. The minimum atomic E-state index is 0.0489. The van der Waals surface area contributed by atoms with Gasteiger partial charge in [0.05, 0.1) is 20.3 Å². The van der Waals surface area contributed by atoms with E-state index in [0.29, 0.717) is 12.5 Å². The third-order valence-electron chi connectivity index (χ3n) is 5.36. The van der Waals surface area contributed by atoms with Gasteiger partial charge >= 0.3 is 6.03 Å². The molecule has 3 rings (SSSR count). The molecule has 26 heavy (non-hydrogen) atoms. The molecule has 1 N–H and O–H groups in total. The van der Waals surface area contributed by atoms with Crippen molar-refractivity contribution in [2.75, 3.05) is 53.0 Å². The Morgan fingerprint density at radius 2 is 1.92 bits per heavy atom. The molecule has 1 aromatic rings. The van der Waals surface area contributed by atoms with Crippen LogP contribution in [-0.2, 0) is 11.3 Å². The number of benzene rings is 1. The van der Waals surface area contributed by atoms with Gasteiger partial charge in [-0.3, -0.25) is 4.90 Å². The quantitative estimate of drug-likeness (QED) is 0.875. The van der Waals surface area contributed by atoms with E-state index in [9.17, 15) is 4.79 Å². The average Bonchev–Trinajstić information content (AvgIpc) is 2.93. The average molecular weight is 361 g/mol. The van der Waals surface area contributed by atoms with Gasteiger partial charge in [0.25, 0.3) is 0 Å². The van der Waals surface area contributed by atoms with Crippen molar-refractivity contribution in [1.29, 1.82) is 0 Å². The molecular formula is C20H31N3O3. The molecule has 2 saturated heterocycles. The minimum absolute atomic E-state index is 0.0489. The number of hydrogen-bond donors (Lipinski definition) is 1. The largest absolute Gasteiger partial charge is 0.497 e. The molecule has 6 heteroatoms. The number of nitrogens with one attached hydrogen (secondary N) is 1. The number of likely N-dealkylation sites (tertiary alicyclic amines) is 1. The van der Waals surface area contributed by atoms with Crippen LogP contribution in [0.25, 0.3) is 0 Å². The molecule has 2 fully saturated rings. The Balaban J connectivity index is 1.41. The van der Waals surface area contributed by atoms with E-state index in [-0.39, 0.29) is 6.03 Å². The summed E-state index contributed by atoms with van der Waals surface area (Å²) < 4.78 is 10.6. The van der Waals surface area contributed by atoms with Gasteiger partial charge in [0.1, 0.15) is 5.75 Å². The topological polar surface area (TPSA) is 54.0 Å². The number of morpholine rings is 1. The Morgan fingerprint density at radius 3 is 2.65 bits per heavy atom. The number of rotatable bonds is 5. The van der Waals surface area contributed by atoms with Crippen molar-refractivity contribution in [2.45, 2.75) is 25.8 Å². The highest BCUT2D eigenvalue weighted by molar-refractivity contribution is 5.74. The standard InChI is InChI=1S/C20H31N3O3/c1-25-19-6-4-17(5-7-19)15-21-20(24)23-9-2-3-18(8-10-23)16-22-11-13-26-14-12-22/h4-7,18H,2-3,8-16H2,1H3,(H,21,24). The van der Waals surface area contributed by atoms with Crippen molar-refractivity contribution in [3.05, 3.63) is 29.8 Å². The van der Waals surface area contributed by atoms with Crippen molar-refractivity contribution in [2.24, 2.45) is 5.92 Å². The van der Waals surface area contributed by atoms with Crippen LogP contribution in [0.4, 0.5) is 4.79 Å². The van der Waals surface area contributed by atoms with Gasteiger partial charge in [-0.25, -0.2) is 4.79 Å². The highest BCUT2D eigenvalue weighted by Crippen LogP contribution is 2.19. The summed E-state index contributed by atoms with van der Waals surface area (Å²) in [7, 11) is 1.66. The van der Waals surface area contributed by atoms with Crippen molar-refractivity contribution in [1.82, 2.24) is 15.1 Å². The second-order valence-corrected chi connectivity index (χ2v) is 7.20. The molecule has 0 spiro atoms. The van der Waals surface area contributed by atoms with Crippen LogP contribution in [0, 0.1) is 5.92 Å². The van der Waals surface area contributed by atoms with Crippen LogP contribution in [0.15, 0.2) is 24.3 Å². The molecule has 1 aromatic carbocycles. The number of amides is 2. The summed E-state index contributed by atoms with van der Waals surface area (Å²) in [5.41, 5.74) is 1.08. The number of urea groups is 1. The molecule has 0 saturated carbocycles. The number of nitrogens with zero attached hydrogens (tertiary/aromatic N) is 2. The first kappa shape index (κ1) is 19.0. The predicted octanol–water partition coefficient (Wildman–Crippen LogP) is 2.34. The molecule has 0 aliphatic carbocycles. The van der Waals surface area contributed by atoms with Crippen LogP contribution in [-0.4, -0.2) is 68.9 Å². The second-order valence-electron chi connectivity index (χ2n) is 7.20. The summed E-state index contributed by atoms with van der Waals surface area (Å²) in [5, 5.41) is 3.05. The molecule has 6 nitrogen and oxygen atoms in total. The molecule has 2 aliphatic heterocycles. The number of methoxy groups -OCH3 is 1. The van der Waals surface area contributed by atoms with Crippen LogP contribution < -0.4 is 10.1 Å². The van der Waals surface area contributed by atoms with Crippen molar-refractivity contribution < 1.29 is 14.3 Å². The smallest absolute Gasteiger partial charge is 0.317 e. The van der Waals surface area contributed by atoms with Gasteiger partial charge in [0.15, 0.2) is 0 Å². The van der Waals surface area contributed by atoms with Crippen LogP contribution in [0.3, 0.4) is 0 Å². The Hall–Kier alpha value is -1.79. The van der Waals surface area contributed by atoms with Crippen LogP contribution in [0.1, 0.15) is 24.8 Å². The number of ether oxygens (including phenoxy) is 2. The normalized spacial score (nSPS) is 21.9. The van der Waals surface area contributed by atoms with Crippen LogP contribution in [0.5, 0.6) is 5.75 Å². The van der Waals surface area contributed by atoms with E-state index in [1.807, 2.05) is 29.2 Å². The van der Waals surface area contributed by atoms with Crippen molar-refractivity contribution in [3.8, 4) is 5.75 Å². The highest BCUT2D eigenvalue weighted by atomic mass is 16.5. The van der Waals surface area contributed by atoms with Gasteiger partial charge in [0, 0.05) is 39.3 Å². The summed E-state index contributed by atoms with van der Waals surface area (Å²) in [6, 6.07) is 7.86. The summed E-state index contributed by atoms with van der Waals surface area (Å²) in [6.07, 6.45) is 3.39. The van der Waals surface area contributed by atoms with Crippen LogP contribution >= 0.6 is 0 Å². The third kappa shape index (κ3) is 5.61. The fourth-order valence-corrected chi connectivity index (χ4v) is 3.73. The zero-order valence-corrected chi connectivity index (χ0v) is 15.8. The lowest BCUT2D eigenvalue weighted by molar-refractivity contribution is 0.0296. The molecule has 0 aromatic heterocycles. The number of carbonyl (C=O) groups is 1. The number of hydrogen-bond acceptors (Lipinski definition) is 4. The van der Waals surface area contributed by atoms with E-state index in [4.69, 9.17) is 9.47 Å². The van der Waals surface area contributed by atoms with E-state index in [1.165, 1.54) is 6.42 Å². The van der Waals surface area contributed by atoms with Gasteiger partial charge < -0.3 is 19.7 Å². The first-order chi connectivity index (χ1) is 12.7. The SMILES string of the molecule is COc1ccc(CNC(=O)N2CCCC(CN3CCOCC3)CC2)cc1. The van der Waals surface area contributed by atoms with Gasteiger partial charge in [-0.05, 0) is 42.9 Å². The zero-order chi connectivity index (χ0) is 18.2. The van der Waals surface area contributed by atoms with E-state index >= 15 is 0 Å². The lowest BCUT2D eigenvalue weighted by atomic mass is 10.00. The maximum absolute atomic E-state index is 12.5. The third-order valence-corrected chi connectivity index (χ3v) is 5.36. The monoisotopic (exact) mass is 361 g/mol. The maximum atomic E-state index is 12.5. The fraction of sp³-hybridized carbons (Fsp3) is 0.650. The van der Waals surface area contributed by atoms with Crippen LogP contribution in [0.2, 0.25) is 0 Å². The molecule has 2 aliphatic rings. The Bertz CT molecular complexity index is 558. The lowest BCUT2D eigenvalue weighted by Crippen LogP contribution is -2.41. The molecule has 0 radical (unpaired) electrons. The summed E-state index contributed by atoms with van der Waals surface area (Å²) in [5.74, 6) is 1.52. The molecule has 2 heterocycles.